The summed E-state index contributed by atoms with van der Waals surface area (Å²) in [5.41, 5.74) is -1.88. The molecule has 0 N–H and O–H groups in total. The van der Waals surface area contributed by atoms with Gasteiger partial charge in [-0.2, -0.15) is 0 Å². The molecule has 0 saturated heterocycles. The lowest BCUT2D eigenvalue weighted by molar-refractivity contribution is -0.188. The fraction of sp³-hybridized carbons (Fsp3) is 0.727. The third kappa shape index (κ3) is 2.45. The maximum absolute atomic E-state index is 12.0. The molecule has 1 amide bonds. The summed E-state index contributed by atoms with van der Waals surface area (Å²) in [7, 11) is 3.64. The van der Waals surface area contributed by atoms with Crippen LogP contribution in [0.2, 0.25) is 0 Å². The number of rotatable bonds is 7. The lowest BCUT2D eigenvalue weighted by Gasteiger charge is -2.41. The van der Waals surface area contributed by atoms with Gasteiger partial charge in [0.15, 0.2) is 0 Å². The molecule has 0 aromatic rings. The highest BCUT2D eigenvalue weighted by molar-refractivity contribution is 6.05. The van der Waals surface area contributed by atoms with Crippen molar-refractivity contribution < 1.29 is 23.9 Å². The summed E-state index contributed by atoms with van der Waals surface area (Å²) in [6.07, 6.45) is 0.395. The van der Waals surface area contributed by atoms with E-state index in [1.807, 2.05) is 0 Å². The highest BCUT2D eigenvalue weighted by Gasteiger charge is 2.56. The van der Waals surface area contributed by atoms with Crippen LogP contribution in [-0.4, -0.2) is 68.2 Å². The van der Waals surface area contributed by atoms with E-state index < -0.39 is 17.6 Å². The van der Waals surface area contributed by atoms with Gasteiger partial charge in [0.05, 0.1) is 14.2 Å². The van der Waals surface area contributed by atoms with Crippen LogP contribution in [0.4, 0.5) is 0 Å². The molecule has 0 radical (unpaired) electrons. The fourth-order valence-corrected chi connectivity index (χ4v) is 1.89. The first-order chi connectivity index (χ1) is 8.46. The van der Waals surface area contributed by atoms with E-state index in [-0.39, 0.29) is 0 Å². The molecule has 0 aromatic carbocycles. The van der Waals surface area contributed by atoms with Crippen LogP contribution in [0.25, 0.3) is 0 Å². The van der Waals surface area contributed by atoms with Crippen LogP contribution >= 0.6 is 0 Å². The molecule has 0 bridgehead atoms. The van der Waals surface area contributed by atoms with E-state index in [9.17, 15) is 14.4 Å². The van der Waals surface area contributed by atoms with E-state index in [1.165, 1.54) is 11.9 Å². The zero-order chi connectivity index (χ0) is 14.3. The molecule has 0 aromatic heterocycles. The number of methoxy groups -OCH3 is 2. The van der Waals surface area contributed by atoms with Gasteiger partial charge in [-0.15, -0.1) is 0 Å². The molecule has 0 heterocycles. The molecule has 0 aliphatic rings. The number of ether oxygens (including phenoxy) is 2. The predicted octanol–water partition coefficient (Wildman–Crippen LogP) is -0.541. The van der Waals surface area contributed by atoms with Gasteiger partial charge in [0.1, 0.15) is 0 Å². The monoisotopic (exact) mass is 260 g/mol. The second-order valence-corrected chi connectivity index (χ2v) is 3.54. The van der Waals surface area contributed by atoms with E-state index in [0.29, 0.717) is 19.5 Å². The number of carbonyl (C=O) groups excluding carboxylic acids is 3. The summed E-state index contributed by atoms with van der Waals surface area (Å²) in [5.74, 6) is -1.71. The smallest absolute Gasteiger partial charge is 0.359 e. The molecule has 0 aliphatic heterocycles. The van der Waals surface area contributed by atoms with Gasteiger partial charge in [0.2, 0.25) is 6.41 Å². The number of carbonyl (C=O) groups is 3. The van der Waals surface area contributed by atoms with E-state index in [0.717, 1.165) is 19.1 Å². The Morgan fingerprint density at radius 2 is 1.50 bits per heavy atom. The van der Waals surface area contributed by atoms with Crippen LogP contribution in [0.15, 0.2) is 0 Å². The molecule has 7 heteroatoms. The average Bonchev–Trinajstić information content (AvgIpc) is 2.41. The molecule has 0 aliphatic carbocycles. The van der Waals surface area contributed by atoms with Crippen molar-refractivity contribution >= 4 is 18.3 Å². The van der Waals surface area contributed by atoms with Gasteiger partial charge in [0, 0.05) is 7.05 Å². The van der Waals surface area contributed by atoms with E-state index >= 15 is 0 Å². The Morgan fingerprint density at radius 3 is 1.72 bits per heavy atom. The Balaban J connectivity index is 5.91. The summed E-state index contributed by atoms with van der Waals surface area (Å²) in [6.45, 7) is 4.28. The number of hydrogen-bond acceptors (Lipinski definition) is 6. The van der Waals surface area contributed by atoms with Crippen LogP contribution < -0.4 is 0 Å². The molecule has 7 nitrogen and oxygen atoms in total. The molecular formula is C11H20N2O5. The number of hydrogen-bond donors (Lipinski definition) is 0. The lowest BCUT2D eigenvalue weighted by Crippen LogP contribution is -2.69. The molecular weight excluding hydrogens is 240 g/mol. The minimum absolute atomic E-state index is 0.374. The molecule has 104 valence electrons. The van der Waals surface area contributed by atoms with Crippen LogP contribution in [-0.2, 0) is 23.9 Å². The van der Waals surface area contributed by atoms with Gasteiger partial charge in [0.25, 0.3) is 5.66 Å². The summed E-state index contributed by atoms with van der Waals surface area (Å²) in [5, 5.41) is 0. The third-order valence-corrected chi connectivity index (χ3v) is 2.83. The van der Waals surface area contributed by atoms with Gasteiger partial charge in [-0.1, -0.05) is 13.8 Å². The first-order valence-corrected chi connectivity index (χ1v) is 5.57. The Bertz CT molecular complexity index is 299. The van der Waals surface area contributed by atoms with Crippen LogP contribution in [0.1, 0.15) is 13.8 Å². The van der Waals surface area contributed by atoms with Gasteiger partial charge in [-0.3, -0.25) is 9.69 Å². The Labute approximate surface area is 107 Å². The highest BCUT2D eigenvalue weighted by Crippen LogP contribution is 2.22. The zero-order valence-corrected chi connectivity index (χ0v) is 11.4. The van der Waals surface area contributed by atoms with E-state index in [2.05, 4.69) is 9.47 Å². The van der Waals surface area contributed by atoms with Gasteiger partial charge in [-0.05, 0) is 13.1 Å². The minimum atomic E-state index is -1.88. The van der Waals surface area contributed by atoms with Crippen molar-refractivity contribution in [3.8, 4) is 0 Å². The second kappa shape index (κ2) is 6.95. The predicted molar refractivity (Wildman–Crippen MR) is 63.5 cm³/mol. The molecule has 0 atom stereocenters. The van der Waals surface area contributed by atoms with Crippen molar-refractivity contribution in [1.29, 1.82) is 0 Å². The maximum atomic E-state index is 12.0. The number of esters is 2. The largest absolute Gasteiger partial charge is 0.466 e. The molecule has 0 spiro atoms. The fourth-order valence-electron chi connectivity index (χ4n) is 1.89. The SMILES string of the molecule is CCN(CC)C(C(=O)OC)(C(=O)OC)N(C)C=O. The molecule has 18 heavy (non-hydrogen) atoms. The van der Waals surface area contributed by atoms with Crippen molar-refractivity contribution in [3.05, 3.63) is 0 Å². The molecule has 0 unspecified atom stereocenters. The third-order valence-electron chi connectivity index (χ3n) is 2.83. The van der Waals surface area contributed by atoms with Gasteiger partial charge >= 0.3 is 11.9 Å². The van der Waals surface area contributed by atoms with Gasteiger partial charge in [-0.25, -0.2) is 9.59 Å². The van der Waals surface area contributed by atoms with Crippen molar-refractivity contribution in [3.63, 3.8) is 0 Å². The molecule has 0 saturated carbocycles. The summed E-state index contributed by atoms with van der Waals surface area (Å²) in [6, 6.07) is 0. The van der Waals surface area contributed by atoms with Crippen molar-refractivity contribution in [2.75, 3.05) is 34.4 Å². The first kappa shape index (κ1) is 16.4. The lowest BCUT2D eigenvalue weighted by atomic mass is 10.1. The summed E-state index contributed by atoms with van der Waals surface area (Å²) < 4.78 is 9.33. The Morgan fingerprint density at radius 1 is 1.11 bits per heavy atom. The molecule has 0 fully saturated rings. The highest BCUT2D eigenvalue weighted by atomic mass is 16.6. The second-order valence-electron chi connectivity index (χ2n) is 3.54. The zero-order valence-electron chi connectivity index (χ0n) is 11.4. The van der Waals surface area contributed by atoms with Crippen LogP contribution in [0.3, 0.4) is 0 Å². The number of nitrogens with zero attached hydrogens (tertiary/aromatic N) is 2. The van der Waals surface area contributed by atoms with Gasteiger partial charge < -0.3 is 14.4 Å². The minimum Gasteiger partial charge on any atom is -0.466 e. The average molecular weight is 260 g/mol. The van der Waals surface area contributed by atoms with Crippen molar-refractivity contribution in [1.82, 2.24) is 9.80 Å². The topological polar surface area (TPSA) is 76.2 Å². The summed E-state index contributed by atoms with van der Waals surface area (Å²) >= 11 is 0. The standard InChI is InChI=1S/C11H20N2O5/c1-6-13(7-2)11(9(15)17-4,10(16)18-5)12(3)8-14/h8H,6-7H2,1-5H3. The van der Waals surface area contributed by atoms with Crippen molar-refractivity contribution in [2.24, 2.45) is 0 Å². The van der Waals surface area contributed by atoms with E-state index in [1.54, 1.807) is 13.8 Å². The molecule has 0 rings (SSSR count). The number of amides is 1. The summed E-state index contributed by atoms with van der Waals surface area (Å²) in [4.78, 5) is 37.5. The number of likely N-dealkylation sites (N-methyl/N-ethyl adjacent to an activating group) is 2. The Hall–Kier alpha value is -1.63. The van der Waals surface area contributed by atoms with Crippen LogP contribution in [0.5, 0.6) is 0 Å². The van der Waals surface area contributed by atoms with E-state index in [4.69, 9.17) is 0 Å². The van der Waals surface area contributed by atoms with Crippen molar-refractivity contribution in [2.45, 2.75) is 19.5 Å². The maximum Gasteiger partial charge on any atom is 0.359 e. The van der Waals surface area contributed by atoms with Crippen LogP contribution in [0, 0.1) is 0 Å². The normalized spacial score (nSPS) is 11.0. The Kier molecular flexibility index (Phi) is 6.32. The quantitative estimate of drug-likeness (QED) is 0.265. The first-order valence-electron chi connectivity index (χ1n) is 5.57.